The molecule has 0 spiro atoms. The summed E-state index contributed by atoms with van der Waals surface area (Å²) in [5.41, 5.74) is 0.446. The summed E-state index contributed by atoms with van der Waals surface area (Å²) in [6.45, 7) is 1.84. The van der Waals surface area contributed by atoms with Crippen LogP contribution < -0.4 is 5.32 Å². The zero-order valence-corrected chi connectivity index (χ0v) is 13.1. The molecule has 0 bridgehead atoms. The quantitative estimate of drug-likeness (QED) is 0.654. The number of hydrogen-bond acceptors (Lipinski definition) is 4. The number of carbonyl (C=O) groups excluding carboxylic acids is 1. The second-order valence-corrected chi connectivity index (χ2v) is 5.48. The summed E-state index contributed by atoms with van der Waals surface area (Å²) in [4.78, 5) is 26.5. The smallest absolute Gasteiger partial charge is 0.282 e. The predicted molar refractivity (Wildman–Crippen MR) is 82.7 cm³/mol. The van der Waals surface area contributed by atoms with E-state index in [1.54, 1.807) is 6.07 Å². The highest BCUT2D eigenvalue weighted by Crippen LogP contribution is 2.24. The van der Waals surface area contributed by atoms with E-state index < -0.39 is 10.8 Å². The summed E-state index contributed by atoms with van der Waals surface area (Å²) < 4.78 is 0.800. The molecule has 0 unspecified atom stereocenters. The lowest BCUT2D eigenvalue weighted by Crippen LogP contribution is -2.15. The molecule has 1 N–H and O–H groups in total. The van der Waals surface area contributed by atoms with Gasteiger partial charge in [0.25, 0.3) is 11.6 Å². The van der Waals surface area contributed by atoms with E-state index in [4.69, 9.17) is 11.6 Å². The number of carbonyl (C=O) groups is 1. The first kappa shape index (κ1) is 15.4. The van der Waals surface area contributed by atoms with E-state index in [0.717, 1.165) is 10.0 Å². The minimum absolute atomic E-state index is 0.116. The third-order valence-corrected chi connectivity index (χ3v) is 3.75. The van der Waals surface area contributed by atoms with Gasteiger partial charge in [0.1, 0.15) is 11.4 Å². The number of nitro benzene ring substituents is 1. The number of amides is 1. The van der Waals surface area contributed by atoms with Gasteiger partial charge in [0.05, 0.1) is 4.92 Å². The Morgan fingerprint density at radius 1 is 1.43 bits per heavy atom. The minimum atomic E-state index is -0.640. The number of hydrogen-bond donors (Lipinski definition) is 1. The Bertz CT molecular complexity index is 737. The molecule has 21 heavy (non-hydrogen) atoms. The largest absolute Gasteiger partial charge is 0.306 e. The van der Waals surface area contributed by atoms with E-state index in [9.17, 15) is 14.9 Å². The average Bonchev–Trinajstić information content (AvgIpc) is 2.42. The van der Waals surface area contributed by atoms with Gasteiger partial charge in [-0.2, -0.15) is 0 Å². The van der Waals surface area contributed by atoms with Gasteiger partial charge in [-0.15, -0.1) is 0 Å². The van der Waals surface area contributed by atoms with Crippen molar-refractivity contribution in [1.29, 1.82) is 0 Å². The second-order valence-electron chi connectivity index (χ2n) is 4.19. The Labute approximate surface area is 133 Å². The Morgan fingerprint density at radius 3 is 2.76 bits per heavy atom. The summed E-state index contributed by atoms with van der Waals surface area (Å²) in [5.74, 6) is -0.339. The van der Waals surface area contributed by atoms with Crippen LogP contribution in [0, 0.1) is 17.0 Å². The third-order valence-electron chi connectivity index (χ3n) is 2.69. The number of aryl methyl sites for hydroxylation is 1. The molecule has 0 aliphatic heterocycles. The number of halogens is 2. The SMILES string of the molecule is Cc1cc(NC(=O)c2cc(Cl)ccc2[N+](=O)[O-])ncc1Br. The minimum Gasteiger partial charge on any atom is -0.306 e. The molecule has 0 radical (unpaired) electrons. The lowest BCUT2D eigenvalue weighted by molar-refractivity contribution is -0.385. The third kappa shape index (κ3) is 3.56. The van der Waals surface area contributed by atoms with Crippen molar-refractivity contribution in [2.75, 3.05) is 5.32 Å². The first-order valence-corrected chi connectivity index (χ1v) is 6.93. The van der Waals surface area contributed by atoms with E-state index in [2.05, 4.69) is 26.2 Å². The maximum atomic E-state index is 12.2. The second kappa shape index (κ2) is 6.19. The van der Waals surface area contributed by atoms with Crippen LogP contribution in [0.25, 0.3) is 0 Å². The summed E-state index contributed by atoms with van der Waals surface area (Å²) in [5, 5.41) is 13.7. The van der Waals surface area contributed by atoms with Gasteiger partial charge in [0, 0.05) is 21.8 Å². The van der Waals surface area contributed by atoms with Crippen LogP contribution in [0.5, 0.6) is 0 Å². The molecule has 1 aromatic heterocycles. The van der Waals surface area contributed by atoms with Crippen molar-refractivity contribution >= 4 is 44.9 Å². The highest BCUT2D eigenvalue weighted by atomic mass is 79.9. The van der Waals surface area contributed by atoms with Gasteiger partial charge < -0.3 is 5.32 Å². The van der Waals surface area contributed by atoms with Gasteiger partial charge in [0.2, 0.25) is 0 Å². The van der Waals surface area contributed by atoms with Crippen molar-refractivity contribution in [3.8, 4) is 0 Å². The van der Waals surface area contributed by atoms with Gasteiger partial charge in [-0.3, -0.25) is 14.9 Å². The Hall–Kier alpha value is -1.99. The van der Waals surface area contributed by atoms with Crippen LogP contribution in [0.4, 0.5) is 11.5 Å². The van der Waals surface area contributed by atoms with Crippen LogP contribution in [0.3, 0.4) is 0 Å². The van der Waals surface area contributed by atoms with E-state index in [0.29, 0.717) is 5.82 Å². The summed E-state index contributed by atoms with van der Waals surface area (Å²) >= 11 is 9.09. The van der Waals surface area contributed by atoms with E-state index in [1.807, 2.05) is 6.92 Å². The van der Waals surface area contributed by atoms with Gasteiger partial charge in [-0.05, 0) is 46.6 Å². The van der Waals surface area contributed by atoms with Crippen molar-refractivity contribution in [2.24, 2.45) is 0 Å². The molecule has 1 heterocycles. The number of rotatable bonds is 3. The number of nitrogens with one attached hydrogen (secondary N) is 1. The molecule has 1 aromatic carbocycles. The summed E-state index contributed by atoms with van der Waals surface area (Å²) in [6, 6.07) is 5.45. The Morgan fingerprint density at radius 2 is 2.14 bits per heavy atom. The van der Waals surface area contributed by atoms with Crippen molar-refractivity contribution in [3.05, 3.63) is 61.2 Å². The Balaban J connectivity index is 2.34. The van der Waals surface area contributed by atoms with Crippen LogP contribution in [-0.4, -0.2) is 15.8 Å². The predicted octanol–water partition coefficient (Wildman–Crippen LogP) is 3.97. The van der Waals surface area contributed by atoms with E-state index in [1.165, 1.54) is 24.4 Å². The van der Waals surface area contributed by atoms with Crippen molar-refractivity contribution in [1.82, 2.24) is 4.98 Å². The van der Waals surface area contributed by atoms with Crippen LogP contribution in [0.2, 0.25) is 5.02 Å². The average molecular weight is 371 g/mol. The number of anilines is 1. The Kier molecular flexibility index (Phi) is 4.54. The van der Waals surface area contributed by atoms with Gasteiger partial charge in [0.15, 0.2) is 0 Å². The molecular formula is C13H9BrClN3O3. The fourth-order valence-corrected chi connectivity index (χ4v) is 2.03. The monoisotopic (exact) mass is 369 g/mol. The van der Waals surface area contributed by atoms with E-state index >= 15 is 0 Å². The zero-order chi connectivity index (χ0) is 15.6. The number of aromatic nitrogens is 1. The van der Waals surface area contributed by atoms with Gasteiger partial charge >= 0.3 is 0 Å². The molecule has 0 saturated heterocycles. The molecule has 0 saturated carbocycles. The standard InChI is InChI=1S/C13H9BrClN3O3/c1-7-4-12(16-6-10(7)14)17-13(19)9-5-8(15)2-3-11(9)18(20)21/h2-6H,1H3,(H,16,17,19). The normalized spacial score (nSPS) is 10.2. The van der Waals surface area contributed by atoms with E-state index in [-0.39, 0.29) is 16.3 Å². The van der Waals surface area contributed by atoms with Crippen LogP contribution in [0.1, 0.15) is 15.9 Å². The number of nitro groups is 1. The van der Waals surface area contributed by atoms with Crippen molar-refractivity contribution < 1.29 is 9.72 Å². The molecular weight excluding hydrogens is 362 g/mol. The molecule has 0 fully saturated rings. The van der Waals surface area contributed by atoms with Crippen LogP contribution in [-0.2, 0) is 0 Å². The lowest BCUT2D eigenvalue weighted by Gasteiger charge is -2.07. The summed E-state index contributed by atoms with van der Waals surface area (Å²) in [6.07, 6.45) is 1.54. The molecule has 8 heteroatoms. The van der Waals surface area contributed by atoms with Crippen molar-refractivity contribution in [2.45, 2.75) is 6.92 Å². The molecule has 6 nitrogen and oxygen atoms in total. The summed E-state index contributed by atoms with van der Waals surface area (Å²) in [7, 11) is 0. The van der Waals surface area contributed by atoms with Crippen LogP contribution >= 0.6 is 27.5 Å². The van der Waals surface area contributed by atoms with Gasteiger partial charge in [-0.25, -0.2) is 4.98 Å². The van der Waals surface area contributed by atoms with Crippen molar-refractivity contribution in [3.63, 3.8) is 0 Å². The molecule has 0 aliphatic carbocycles. The molecule has 0 aliphatic rings. The first-order valence-electron chi connectivity index (χ1n) is 5.76. The maximum Gasteiger partial charge on any atom is 0.282 e. The number of pyridine rings is 1. The fourth-order valence-electron chi connectivity index (χ4n) is 1.64. The molecule has 2 rings (SSSR count). The molecule has 1 amide bonds. The highest BCUT2D eigenvalue weighted by molar-refractivity contribution is 9.10. The zero-order valence-electron chi connectivity index (χ0n) is 10.8. The fraction of sp³-hybridized carbons (Fsp3) is 0.0769. The first-order chi connectivity index (χ1) is 9.88. The number of benzene rings is 1. The topological polar surface area (TPSA) is 85.1 Å². The van der Waals surface area contributed by atoms with Crippen LogP contribution in [0.15, 0.2) is 34.9 Å². The number of nitrogens with zero attached hydrogens (tertiary/aromatic N) is 2. The highest BCUT2D eigenvalue weighted by Gasteiger charge is 2.21. The molecule has 108 valence electrons. The molecule has 0 atom stereocenters. The molecule has 2 aromatic rings. The van der Waals surface area contributed by atoms with Gasteiger partial charge in [-0.1, -0.05) is 11.6 Å². The maximum absolute atomic E-state index is 12.2. The lowest BCUT2D eigenvalue weighted by atomic mass is 10.1.